The summed E-state index contributed by atoms with van der Waals surface area (Å²) in [4.78, 5) is 8.55. The van der Waals surface area contributed by atoms with Crippen molar-refractivity contribution in [3.05, 3.63) is 47.9 Å². The monoisotopic (exact) mass is 360 g/mol. The Labute approximate surface area is 149 Å². The third-order valence-electron chi connectivity index (χ3n) is 4.43. The van der Waals surface area contributed by atoms with Gasteiger partial charge in [-0.2, -0.15) is 0 Å². The molecule has 0 radical (unpaired) electrons. The highest BCUT2D eigenvalue weighted by molar-refractivity contribution is 7.89. The Kier molecular flexibility index (Phi) is 5.65. The van der Waals surface area contributed by atoms with Crippen LogP contribution in [-0.4, -0.2) is 31.0 Å². The van der Waals surface area contributed by atoms with E-state index in [1.54, 1.807) is 12.1 Å². The average Bonchev–Trinajstić information content (AvgIpc) is 3.08. The highest BCUT2D eigenvalue weighted by atomic mass is 32.2. The van der Waals surface area contributed by atoms with E-state index in [9.17, 15) is 8.42 Å². The molecule has 0 saturated heterocycles. The van der Waals surface area contributed by atoms with Crippen molar-refractivity contribution >= 4 is 15.8 Å². The standard InChI is InChI=1S/C18H24N4O2S/c1-14-12-18(21-13-20-14)19-11-10-15-6-8-17(9-7-15)25(23,24)22-16-4-2-3-5-16/h6-9,12-13,16,22H,2-5,10-11H2,1H3,(H,19,20,21). The first-order valence-electron chi connectivity index (χ1n) is 8.67. The highest BCUT2D eigenvalue weighted by Crippen LogP contribution is 2.20. The summed E-state index contributed by atoms with van der Waals surface area (Å²) in [6.45, 7) is 2.65. The van der Waals surface area contributed by atoms with Gasteiger partial charge in [-0.15, -0.1) is 0 Å². The molecule has 0 aliphatic heterocycles. The SMILES string of the molecule is Cc1cc(NCCc2ccc(S(=O)(=O)NC3CCCC3)cc2)ncn1. The normalized spacial score (nSPS) is 15.4. The summed E-state index contributed by atoms with van der Waals surface area (Å²) in [6.07, 6.45) is 6.40. The van der Waals surface area contributed by atoms with Gasteiger partial charge in [-0.1, -0.05) is 25.0 Å². The molecule has 0 spiro atoms. The molecule has 0 unspecified atom stereocenters. The van der Waals surface area contributed by atoms with Gasteiger partial charge < -0.3 is 5.32 Å². The van der Waals surface area contributed by atoms with E-state index in [1.807, 2.05) is 25.1 Å². The minimum atomic E-state index is -3.41. The Morgan fingerprint density at radius 3 is 2.52 bits per heavy atom. The van der Waals surface area contributed by atoms with Crippen LogP contribution in [0.25, 0.3) is 0 Å². The van der Waals surface area contributed by atoms with Gasteiger partial charge in [0.15, 0.2) is 0 Å². The maximum Gasteiger partial charge on any atom is 0.240 e. The molecule has 2 N–H and O–H groups in total. The van der Waals surface area contributed by atoms with Crippen LogP contribution in [-0.2, 0) is 16.4 Å². The fourth-order valence-corrected chi connectivity index (χ4v) is 4.36. The van der Waals surface area contributed by atoms with Crippen molar-refractivity contribution in [2.45, 2.75) is 50.0 Å². The Morgan fingerprint density at radius 1 is 1.12 bits per heavy atom. The van der Waals surface area contributed by atoms with Crippen molar-refractivity contribution in [2.24, 2.45) is 0 Å². The lowest BCUT2D eigenvalue weighted by Gasteiger charge is -2.13. The van der Waals surface area contributed by atoms with Gasteiger partial charge in [0, 0.05) is 24.3 Å². The quantitative estimate of drug-likeness (QED) is 0.793. The average molecular weight is 360 g/mol. The number of rotatable bonds is 7. The van der Waals surface area contributed by atoms with Crippen LogP contribution in [0, 0.1) is 6.92 Å². The van der Waals surface area contributed by atoms with Gasteiger partial charge in [0.25, 0.3) is 0 Å². The van der Waals surface area contributed by atoms with E-state index < -0.39 is 10.0 Å². The molecule has 1 heterocycles. The fraction of sp³-hybridized carbons (Fsp3) is 0.444. The van der Waals surface area contributed by atoms with Crippen LogP contribution in [0.3, 0.4) is 0 Å². The van der Waals surface area contributed by atoms with E-state index in [4.69, 9.17) is 0 Å². The Bertz CT molecular complexity index is 800. The zero-order chi connectivity index (χ0) is 17.7. The van der Waals surface area contributed by atoms with Crippen molar-refractivity contribution in [2.75, 3.05) is 11.9 Å². The second kappa shape index (κ2) is 7.93. The molecule has 1 saturated carbocycles. The predicted octanol–water partition coefficient (Wildman–Crippen LogP) is 2.66. The zero-order valence-electron chi connectivity index (χ0n) is 14.4. The highest BCUT2D eigenvalue weighted by Gasteiger charge is 2.22. The van der Waals surface area contributed by atoms with Crippen LogP contribution in [0.5, 0.6) is 0 Å². The summed E-state index contributed by atoms with van der Waals surface area (Å²) in [5, 5.41) is 3.25. The summed E-state index contributed by atoms with van der Waals surface area (Å²) >= 11 is 0. The number of aryl methyl sites for hydroxylation is 1. The number of nitrogens with one attached hydrogen (secondary N) is 2. The molecular formula is C18H24N4O2S. The molecule has 7 heteroatoms. The summed E-state index contributed by atoms with van der Waals surface area (Å²) in [6, 6.07) is 9.09. The number of benzene rings is 1. The second-order valence-corrected chi connectivity index (χ2v) is 8.18. The Balaban J connectivity index is 1.54. The largest absolute Gasteiger partial charge is 0.370 e. The molecule has 1 aliphatic rings. The molecule has 2 aromatic rings. The van der Waals surface area contributed by atoms with Crippen LogP contribution in [0.15, 0.2) is 41.6 Å². The fourth-order valence-electron chi connectivity index (χ4n) is 3.05. The van der Waals surface area contributed by atoms with E-state index >= 15 is 0 Å². The molecule has 0 bridgehead atoms. The van der Waals surface area contributed by atoms with Gasteiger partial charge >= 0.3 is 0 Å². The van der Waals surface area contributed by atoms with Crippen LogP contribution >= 0.6 is 0 Å². The van der Waals surface area contributed by atoms with E-state index in [1.165, 1.54) is 6.33 Å². The number of aromatic nitrogens is 2. The maximum absolute atomic E-state index is 12.4. The Hall–Kier alpha value is -1.99. The number of anilines is 1. The van der Waals surface area contributed by atoms with Crippen LogP contribution in [0.2, 0.25) is 0 Å². The van der Waals surface area contributed by atoms with E-state index in [0.29, 0.717) is 4.90 Å². The molecule has 1 aromatic carbocycles. The lowest BCUT2D eigenvalue weighted by Crippen LogP contribution is -2.32. The minimum Gasteiger partial charge on any atom is -0.370 e. The van der Waals surface area contributed by atoms with Gasteiger partial charge in [0.2, 0.25) is 10.0 Å². The lowest BCUT2D eigenvalue weighted by atomic mass is 10.1. The molecule has 1 aromatic heterocycles. The number of sulfonamides is 1. The molecule has 25 heavy (non-hydrogen) atoms. The first kappa shape index (κ1) is 17.8. The lowest BCUT2D eigenvalue weighted by molar-refractivity contribution is 0.552. The summed E-state index contributed by atoms with van der Waals surface area (Å²) < 4.78 is 27.6. The molecule has 0 atom stereocenters. The van der Waals surface area contributed by atoms with Gasteiger partial charge in [0.1, 0.15) is 12.1 Å². The first-order valence-corrected chi connectivity index (χ1v) is 10.1. The van der Waals surface area contributed by atoms with Crippen LogP contribution < -0.4 is 10.0 Å². The molecule has 6 nitrogen and oxygen atoms in total. The summed E-state index contributed by atoms with van der Waals surface area (Å²) in [5.74, 6) is 0.799. The van der Waals surface area contributed by atoms with Crippen molar-refractivity contribution < 1.29 is 8.42 Å². The number of nitrogens with zero attached hydrogens (tertiary/aromatic N) is 2. The molecule has 1 aliphatic carbocycles. The molecule has 1 fully saturated rings. The number of hydrogen-bond acceptors (Lipinski definition) is 5. The van der Waals surface area contributed by atoms with Crippen molar-refractivity contribution in [3.63, 3.8) is 0 Å². The summed E-state index contributed by atoms with van der Waals surface area (Å²) in [5.41, 5.74) is 2.00. The van der Waals surface area contributed by atoms with E-state index in [-0.39, 0.29) is 6.04 Å². The van der Waals surface area contributed by atoms with E-state index in [2.05, 4.69) is 20.0 Å². The number of hydrogen-bond donors (Lipinski definition) is 2. The van der Waals surface area contributed by atoms with Gasteiger partial charge in [-0.25, -0.2) is 23.1 Å². The van der Waals surface area contributed by atoms with Crippen LogP contribution in [0.4, 0.5) is 5.82 Å². The minimum absolute atomic E-state index is 0.0881. The van der Waals surface area contributed by atoms with Crippen molar-refractivity contribution in [3.8, 4) is 0 Å². The topological polar surface area (TPSA) is 84.0 Å². The molecule has 3 rings (SSSR count). The molecule has 134 valence electrons. The Morgan fingerprint density at radius 2 is 1.84 bits per heavy atom. The van der Waals surface area contributed by atoms with E-state index in [0.717, 1.165) is 55.7 Å². The van der Waals surface area contributed by atoms with Gasteiger partial charge in [-0.3, -0.25) is 0 Å². The maximum atomic E-state index is 12.4. The first-order chi connectivity index (χ1) is 12.0. The molecule has 0 amide bonds. The third-order valence-corrected chi connectivity index (χ3v) is 5.97. The van der Waals surface area contributed by atoms with Gasteiger partial charge in [0.05, 0.1) is 4.90 Å². The smallest absolute Gasteiger partial charge is 0.240 e. The van der Waals surface area contributed by atoms with Crippen molar-refractivity contribution in [1.82, 2.24) is 14.7 Å². The third kappa shape index (κ3) is 4.99. The van der Waals surface area contributed by atoms with Crippen LogP contribution in [0.1, 0.15) is 36.9 Å². The van der Waals surface area contributed by atoms with Crippen molar-refractivity contribution in [1.29, 1.82) is 0 Å². The zero-order valence-corrected chi connectivity index (χ0v) is 15.2. The molecular weight excluding hydrogens is 336 g/mol. The van der Waals surface area contributed by atoms with Gasteiger partial charge in [-0.05, 0) is 43.9 Å². The predicted molar refractivity (Wildman–Crippen MR) is 98.0 cm³/mol. The second-order valence-electron chi connectivity index (χ2n) is 6.47. The summed E-state index contributed by atoms with van der Waals surface area (Å²) in [7, 11) is -3.41.